The van der Waals surface area contributed by atoms with Crippen LogP contribution in [-0.4, -0.2) is 61.5 Å². The molecule has 1 aliphatic heterocycles. The predicted molar refractivity (Wildman–Crippen MR) is 115 cm³/mol. The van der Waals surface area contributed by atoms with Gasteiger partial charge in [-0.05, 0) is 59.7 Å². The first-order valence-corrected chi connectivity index (χ1v) is 11.0. The monoisotopic (exact) mass is 424 g/mol. The van der Waals surface area contributed by atoms with Crippen molar-refractivity contribution in [3.05, 3.63) is 46.0 Å². The second-order valence-corrected chi connectivity index (χ2v) is 8.60. The van der Waals surface area contributed by atoms with Crippen molar-refractivity contribution < 1.29 is 9.84 Å². The zero-order valence-corrected chi connectivity index (χ0v) is 17.7. The van der Waals surface area contributed by atoms with Crippen molar-refractivity contribution in [2.45, 2.75) is 56.7 Å². The standard InChI is InChI=1S/C22H28N6O3/c1-31-17-7-6-14-12-18(22(30)23-19(14)13-17)20(27-10-8-16(29)9-11-27)21-24-25-26-28(21)15-4-2-3-5-15/h6-7,12-13,15-16,20,29H,2-5,8-11H2,1H3,(H,23,30). The zero-order chi connectivity index (χ0) is 21.4. The van der Waals surface area contributed by atoms with Crippen molar-refractivity contribution in [2.75, 3.05) is 20.2 Å². The number of hydrogen-bond donors (Lipinski definition) is 2. The average molecular weight is 425 g/mol. The molecule has 164 valence electrons. The summed E-state index contributed by atoms with van der Waals surface area (Å²) in [5, 5.41) is 23.7. The van der Waals surface area contributed by atoms with E-state index in [1.807, 2.05) is 28.9 Å². The first-order valence-electron chi connectivity index (χ1n) is 11.0. The highest BCUT2D eigenvalue weighted by Gasteiger charge is 2.34. The Bertz CT molecular complexity index is 1110. The maximum Gasteiger partial charge on any atom is 0.253 e. The van der Waals surface area contributed by atoms with Gasteiger partial charge in [0.15, 0.2) is 5.82 Å². The third kappa shape index (κ3) is 3.83. The number of benzene rings is 1. The molecule has 3 heterocycles. The van der Waals surface area contributed by atoms with Gasteiger partial charge in [0.2, 0.25) is 0 Å². The SMILES string of the molecule is COc1ccc2cc(C(c3nnnn3C3CCCC3)N3CCC(O)CC3)c(=O)[nH]c2c1. The summed E-state index contributed by atoms with van der Waals surface area (Å²) < 4.78 is 7.22. The van der Waals surface area contributed by atoms with Gasteiger partial charge in [0, 0.05) is 24.7 Å². The highest BCUT2D eigenvalue weighted by atomic mass is 16.5. The van der Waals surface area contributed by atoms with Crippen LogP contribution in [0.15, 0.2) is 29.1 Å². The molecule has 5 rings (SSSR count). The van der Waals surface area contributed by atoms with Gasteiger partial charge in [-0.25, -0.2) is 4.68 Å². The van der Waals surface area contributed by atoms with Crippen molar-refractivity contribution in [3.63, 3.8) is 0 Å². The lowest BCUT2D eigenvalue weighted by atomic mass is 9.99. The number of likely N-dealkylation sites (tertiary alicyclic amines) is 1. The molecule has 1 saturated heterocycles. The first-order chi connectivity index (χ1) is 15.1. The Morgan fingerprint density at radius 2 is 1.94 bits per heavy atom. The van der Waals surface area contributed by atoms with Gasteiger partial charge in [0.05, 0.1) is 24.8 Å². The number of nitrogens with one attached hydrogen (secondary N) is 1. The first kappa shape index (κ1) is 20.1. The second-order valence-electron chi connectivity index (χ2n) is 8.60. The third-order valence-electron chi connectivity index (χ3n) is 6.67. The lowest BCUT2D eigenvalue weighted by Crippen LogP contribution is -2.42. The number of aromatic amines is 1. The Morgan fingerprint density at radius 1 is 1.16 bits per heavy atom. The molecule has 1 atom stereocenters. The van der Waals surface area contributed by atoms with E-state index in [0.717, 1.165) is 23.7 Å². The molecule has 1 aromatic carbocycles. The van der Waals surface area contributed by atoms with Crippen LogP contribution in [0.1, 0.15) is 62.0 Å². The quantitative estimate of drug-likeness (QED) is 0.646. The summed E-state index contributed by atoms with van der Waals surface area (Å²) in [6.07, 6.45) is 5.49. The molecule has 9 heteroatoms. The minimum atomic E-state index is -0.363. The van der Waals surface area contributed by atoms with Gasteiger partial charge in [-0.1, -0.05) is 12.8 Å². The van der Waals surface area contributed by atoms with Gasteiger partial charge in [0.1, 0.15) is 11.8 Å². The zero-order valence-electron chi connectivity index (χ0n) is 17.7. The molecule has 0 radical (unpaired) electrons. The van der Waals surface area contributed by atoms with Crippen molar-refractivity contribution in [1.29, 1.82) is 0 Å². The lowest BCUT2D eigenvalue weighted by Gasteiger charge is -2.35. The van der Waals surface area contributed by atoms with Gasteiger partial charge in [-0.15, -0.1) is 5.10 Å². The Morgan fingerprint density at radius 3 is 2.68 bits per heavy atom. The summed E-state index contributed by atoms with van der Waals surface area (Å²) >= 11 is 0. The van der Waals surface area contributed by atoms with Crippen LogP contribution in [0.5, 0.6) is 5.75 Å². The minimum Gasteiger partial charge on any atom is -0.497 e. The molecule has 31 heavy (non-hydrogen) atoms. The molecule has 1 saturated carbocycles. The lowest BCUT2D eigenvalue weighted by molar-refractivity contribution is 0.0654. The number of ether oxygens (including phenoxy) is 1. The van der Waals surface area contributed by atoms with Crippen LogP contribution in [0.25, 0.3) is 10.9 Å². The van der Waals surface area contributed by atoms with Crippen molar-refractivity contribution in [1.82, 2.24) is 30.1 Å². The number of piperidine rings is 1. The summed E-state index contributed by atoms with van der Waals surface area (Å²) in [6.45, 7) is 1.37. The minimum absolute atomic E-state index is 0.155. The van der Waals surface area contributed by atoms with Gasteiger partial charge >= 0.3 is 0 Å². The van der Waals surface area contributed by atoms with E-state index < -0.39 is 0 Å². The molecule has 2 aliphatic rings. The van der Waals surface area contributed by atoms with E-state index in [1.165, 1.54) is 12.8 Å². The fraction of sp³-hybridized carbons (Fsp3) is 0.545. The molecule has 0 amide bonds. The molecule has 2 fully saturated rings. The summed E-state index contributed by atoms with van der Waals surface area (Å²) in [5.41, 5.74) is 1.21. The molecule has 1 aliphatic carbocycles. The van der Waals surface area contributed by atoms with Gasteiger partial charge in [-0.2, -0.15) is 0 Å². The number of pyridine rings is 1. The Kier molecular flexibility index (Phi) is 5.45. The molecule has 0 spiro atoms. The number of hydrogen-bond acceptors (Lipinski definition) is 7. The van der Waals surface area contributed by atoms with Crippen LogP contribution in [0.2, 0.25) is 0 Å². The van der Waals surface area contributed by atoms with Crippen LogP contribution in [-0.2, 0) is 0 Å². The van der Waals surface area contributed by atoms with Crippen molar-refractivity contribution in [3.8, 4) is 5.75 Å². The molecule has 9 nitrogen and oxygen atoms in total. The van der Waals surface area contributed by atoms with E-state index in [-0.39, 0.29) is 23.7 Å². The molecular formula is C22H28N6O3. The molecular weight excluding hydrogens is 396 g/mol. The Labute approximate surface area is 180 Å². The summed E-state index contributed by atoms with van der Waals surface area (Å²) in [6, 6.07) is 7.51. The average Bonchev–Trinajstić information content (AvgIpc) is 3.47. The number of tetrazole rings is 1. The number of nitrogens with zero attached hydrogens (tertiary/aromatic N) is 5. The Hall–Kier alpha value is -2.78. The Balaban J connectivity index is 1.62. The van der Waals surface area contributed by atoms with Crippen LogP contribution in [0.4, 0.5) is 0 Å². The molecule has 2 N–H and O–H groups in total. The van der Waals surface area contributed by atoms with Gasteiger partial charge in [-0.3, -0.25) is 9.69 Å². The van der Waals surface area contributed by atoms with E-state index in [4.69, 9.17) is 4.74 Å². The van der Waals surface area contributed by atoms with E-state index in [1.54, 1.807) is 7.11 Å². The molecule has 0 bridgehead atoms. The normalized spacial score (nSPS) is 19.8. The van der Waals surface area contributed by atoms with Gasteiger partial charge < -0.3 is 14.8 Å². The number of fused-ring (bicyclic) bond motifs is 1. The van der Waals surface area contributed by atoms with E-state index >= 15 is 0 Å². The second kappa shape index (κ2) is 8.39. The third-order valence-corrected chi connectivity index (χ3v) is 6.67. The largest absolute Gasteiger partial charge is 0.497 e. The number of methoxy groups -OCH3 is 1. The topological polar surface area (TPSA) is 109 Å². The maximum atomic E-state index is 13.3. The van der Waals surface area contributed by atoms with Crippen LogP contribution < -0.4 is 10.3 Å². The summed E-state index contributed by atoms with van der Waals surface area (Å²) in [7, 11) is 1.61. The van der Waals surface area contributed by atoms with Crippen molar-refractivity contribution >= 4 is 10.9 Å². The molecule has 3 aromatic rings. The van der Waals surface area contributed by atoms with Gasteiger partial charge in [0.25, 0.3) is 5.56 Å². The van der Waals surface area contributed by atoms with Crippen LogP contribution in [0.3, 0.4) is 0 Å². The van der Waals surface area contributed by atoms with Crippen LogP contribution in [0, 0.1) is 0 Å². The number of aliphatic hydroxyl groups is 1. The number of H-pyrrole nitrogens is 1. The highest BCUT2D eigenvalue weighted by Crippen LogP contribution is 2.35. The van der Waals surface area contributed by atoms with E-state index in [0.29, 0.717) is 43.1 Å². The predicted octanol–water partition coefficient (Wildman–Crippen LogP) is 2.18. The molecule has 1 unspecified atom stereocenters. The molecule has 2 aromatic heterocycles. The van der Waals surface area contributed by atoms with E-state index in [2.05, 4.69) is 25.4 Å². The van der Waals surface area contributed by atoms with Crippen LogP contribution >= 0.6 is 0 Å². The maximum absolute atomic E-state index is 13.3. The summed E-state index contributed by atoms with van der Waals surface area (Å²) in [5.74, 6) is 1.41. The number of rotatable bonds is 5. The smallest absolute Gasteiger partial charge is 0.253 e. The highest BCUT2D eigenvalue weighted by molar-refractivity contribution is 5.80. The number of aromatic nitrogens is 5. The number of aliphatic hydroxyl groups excluding tert-OH is 1. The summed E-state index contributed by atoms with van der Waals surface area (Å²) in [4.78, 5) is 18.5. The fourth-order valence-corrected chi connectivity index (χ4v) is 4.96. The fourth-order valence-electron chi connectivity index (χ4n) is 4.96. The van der Waals surface area contributed by atoms with Crippen molar-refractivity contribution in [2.24, 2.45) is 0 Å². The van der Waals surface area contributed by atoms with E-state index in [9.17, 15) is 9.90 Å².